The van der Waals surface area contributed by atoms with Crippen LogP contribution in [0, 0.1) is 0 Å². The van der Waals surface area contributed by atoms with E-state index >= 15 is 0 Å². The normalized spacial score (nSPS) is 14.1. The van der Waals surface area contributed by atoms with E-state index in [9.17, 15) is 18.0 Å². The van der Waals surface area contributed by atoms with Gasteiger partial charge in [0.05, 0.1) is 12.7 Å². The van der Waals surface area contributed by atoms with Crippen molar-refractivity contribution in [2.24, 2.45) is 0 Å². The minimum absolute atomic E-state index is 0.0491. The van der Waals surface area contributed by atoms with Gasteiger partial charge in [-0.2, -0.15) is 0 Å². The lowest BCUT2D eigenvalue weighted by Crippen LogP contribution is -2.32. The number of ether oxygens (including phenoxy) is 1. The van der Waals surface area contributed by atoms with E-state index < -0.39 is 16.0 Å². The minimum Gasteiger partial charge on any atom is -0.481 e. The van der Waals surface area contributed by atoms with Gasteiger partial charge in [-0.1, -0.05) is 35.9 Å². The number of carbonyl (C=O) groups is 2. The van der Waals surface area contributed by atoms with Crippen molar-refractivity contribution >= 4 is 33.5 Å². The highest BCUT2D eigenvalue weighted by Gasteiger charge is 2.44. The predicted octanol–water partition coefficient (Wildman–Crippen LogP) is 4.27. The van der Waals surface area contributed by atoms with E-state index in [-0.39, 0.29) is 24.3 Å². The van der Waals surface area contributed by atoms with Crippen LogP contribution in [0.25, 0.3) is 0 Å². The molecular formula is C27H27ClN2O6S. The maximum absolute atomic E-state index is 12.7. The number of amides is 1. The summed E-state index contributed by atoms with van der Waals surface area (Å²) in [5.41, 5.74) is 2.60. The minimum atomic E-state index is -3.47. The summed E-state index contributed by atoms with van der Waals surface area (Å²) in [6.07, 6.45) is 2.85. The van der Waals surface area contributed by atoms with Crippen LogP contribution in [0.2, 0.25) is 5.02 Å². The monoisotopic (exact) mass is 542 g/mol. The molecule has 0 spiro atoms. The van der Waals surface area contributed by atoms with Crippen LogP contribution < -0.4 is 14.8 Å². The molecule has 0 radical (unpaired) electrons. The number of carboxylic acid groups (broad SMARTS) is 1. The molecule has 0 saturated heterocycles. The molecule has 0 bridgehead atoms. The summed E-state index contributed by atoms with van der Waals surface area (Å²) in [4.78, 5) is 23.8. The van der Waals surface area contributed by atoms with Gasteiger partial charge in [-0.25, -0.2) is 13.1 Å². The van der Waals surface area contributed by atoms with Crippen LogP contribution in [0.1, 0.15) is 39.9 Å². The lowest BCUT2D eigenvalue weighted by Gasteiger charge is -2.17. The van der Waals surface area contributed by atoms with Gasteiger partial charge in [-0.3, -0.25) is 9.59 Å². The Labute approximate surface area is 220 Å². The van der Waals surface area contributed by atoms with Gasteiger partial charge in [0.15, 0.2) is 0 Å². The second kappa shape index (κ2) is 10.9. The molecule has 0 aromatic heterocycles. The molecule has 8 nitrogen and oxygen atoms in total. The average molecular weight is 543 g/mol. The van der Waals surface area contributed by atoms with Crippen molar-refractivity contribution < 1.29 is 27.9 Å². The molecule has 1 aliphatic rings. The summed E-state index contributed by atoms with van der Waals surface area (Å²) in [5.74, 6) is -0.364. The third-order valence-electron chi connectivity index (χ3n) is 6.25. The molecule has 10 heteroatoms. The van der Waals surface area contributed by atoms with Crippen LogP contribution in [-0.4, -0.2) is 38.2 Å². The highest BCUT2D eigenvalue weighted by molar-refractivity contribution is 7.88. The predicted molar refractivity (Wildman–Crippen MR) is 141 cm³/mol. The summed E-state index contributed by atoms with van der Waals surface area (Å²) in [6.45, 7) is 0.475. The van der Waals surface area contributed by atoms with Gasteiger partial charge < -0.3 is 15.2 Å². The quantitative estimate of drug-likeness (QED) is 0.332. The number of hydrogen-bond donors (Lipinski definition) is 3. The van der Waals surface area contributed by atoms with Gasteiger partial charge in [-0.05, 0) is 66.4 Å². The molecule has 0 atom stereocenters. The van der Waals surface area contributed by atoms with Crippen molar-refractivity contribution in [2.45, 2.75) is 31.2 Å². The number of rotatable bonds is 11. The van der Waals surface area contributed by atoms with Crippen molar-refractivity contribution in [3.8, 4) is 11.5 Å². The maximum Gasteiger partial charge on any atom is 0.307 e. The first kappa shape index (κ1) is 26.7. The van der Waals surface area contributed by atoms with Gasteiger partial charge in [0.25, 0.3) is 5.91 Å². The van der Waals surface area contributed by atoms with Gasteiger partial charge in [0.2, 0.25) is 10.0 Å². The number of carbonyl (C=O) groups excluding carboxylic acids is 1. The molecule has 194 valence electrons. The Hall–Kier alpha value is -3.40. The van der Waals surface area contributed by atoms with E-state index in [2.05, 4.69) is 10.0 Å². The number of benzene rings is 3. The van der Waals surface area contributed by atoms with Crippen molar-refractivity contribution in [2.75, 3.05) is 12.8 Å². The fraction of sp³-hybridized carbons (Fsp3) is 0.259. The zero-order chi connectivity index (χ0) is 26.6. The van der Waals surface area contributed by atoms with Gasteiger partial charge in [0.1, 0.15) is 11.5 Å². The summed E-state index contributed by atoms with van der Waals surface area (Å²) >= 11 is 5.99. The molecule has 1 amide bonds. The molecule has 0 unspecified atom stereocenters. The fourth-order valence-corrected chi connectivity index (χ4v) is 4.58. The molecule has 3 aromatic carbocycles. The number of aliphatic carboxylic acids is 1. The number of nitrogens with one attached hydrogen (secondary N) is 2. The zero-order valence-electron chi connectivity index (χ0n) is 20.2. The summed E-state index contributed by atoms with van der Waals surface area (Å²) in [7, 11) is -3.47. The third-order valence-corrected chi connectivity index (χ3v) is 7.17. The van der Waals surface area contributed by atoms with Crippen LogP contribution in [0.5, 0.6) is 11.5 Å². The summed E-state index contributed by atoms with van der Waals surface area (Å²) in [6, 6.07) is 19.1. The smallest absolute Gasteiger partial charge is 0.307 e. The Balaban J connectivity index is 1.42. The van der Waals surface area contributed by atoms with Gasteiger partial charge in [-0.15, -0.1) is 0 Å². The van der Waals surface area contributed by atoms with Crippen molar-refractivity contribution in [1.29, 1.82) is 0 Å². The van der Waals surface area contributed by atoms with Gasteiger partial charge >= 0.3 is 5.97 Å². The Bertz CT molecular complexity index is 1400. The van der Waals surface area contributed by atoms with E-state index in [0.29, 0.717) is 39.8 Å². The SMILES string of the molecule is CS(=O)(=O)NCc1cc(CC(=O)O)ccc1Oc1ccc(C(=O)NCC2(c3ccc(Cl)cc3)CC2)cc1. The van der Waals surface area contributed by atoms with Crippen LogP contribution in [0.4, 0.5) is 0 Å². The molecular weight excluding hydrogens is 516 g/mol. The first-order valence-electron chi connectivity index (χ1n) is 11.6. The van der Waals surface area contributed by atoms with Gasteiger partial charge in [0, 0.05) is 34.7 Å². The molecule has 1 aliphatic carbocycles. The number of halogens is 1. The molecule has 1 fully saturated rings. The highest BCUT2D eigenvalue weighted by Crippen LogP contribution is 2.47. The third kappa shape index (κ3) is 7.31. The Morgan fingerprint density at radius 2 is 1.70 bits per heavy atom. The second-order valence-corrected chi connectivity index (χ2v) is 11.5. The lowest BCUT2D eigenvalue weighted by molar-refractivity contribution is -0.136. The van der Waals surface area contributed by atoms with E-state index in [1.807, 2.05) is 24.3 Å². The molecule has 4 rings (SSSR count). The van der Waals surface area contributed by atoms with Crippen molar-refractivity contribution in [1.82, 2.24) is 10.0 Å². The number of carboxylic acids is 1. The molecule has 37 heavy (non-hydrogen) atoms. The van der Waals surface area contributed by atoms with E-state index in [1.165, 1.54) is 0 Å². The standard InChI is InChI=1S/C27H27ClN2O6S/c1-37(34,35)30-16-20-14-18(15-25(31)32)2-11-24(20)36-23-9-3-19(4-10-23)26(33)29-17-27(12-13-27)21-5-7-22(28)8-6-21/h2-11,14,30H,12-13,15-17H2,1H3,(H,29,33)(H,31,32). The van der Waals surface area contributed by atoms with Crippen LogP contribution in [0.15, 0.2) is 66.7 Å². The largest absolute Gasteiger partial charge is 0.481 e. The molecule has 0 heterocycles. The average Bonchev–Trinajstić information content (AvgIpc) is 3.64. The molecule has 1 saturated carbocycles. The van der Waals surface area contributed by atoms with Crippen molar-refractivity contribution in [3.63, 3.8) is 0 Å². The Morgan fingerprint density at radius 1 is 1.03 bits per heavy atom. The lowest BCUT2D eigenvalue weighted by atomic mass is 9.96. The van der Waals surface area contributed by atoms with E-state index in [0.717, 1.165) is 24.7 Å². The Morgan fingerprint density at radius 3 is 2.30 bits per heavy atom. The first-order chi connectivity index (χ1) is 17.5. The van der Waals surface area contributed by atoms with Crippen LogP contribution in [0.3, 0.4) is 0 Å². The second-order valence-electron chi connectivity index (χ2n) is 9.20. The highest BCUT2D eigenvalue weighted by atomic mass is 35.5. The van der Waals surface area contributed by atoms with Crippen LogP contribution in [-0.2, 0) is 33.2 Å². The van der Waals surface area contributed by atoms with Crippen LogP contribution >= 0.6 is 11.6 Å². The zero-order valence-corrected chi connectivity index (χ0v) is 21.7. The Kier molecular flexibility index (Phi) is 7.87. The summed E-state index contributed by atoms with van der Waals surface area (Å²) in [5, 5.41) is 12.8. The molecule has 3 N–H and O–H groups in total. The van der Waals surface area contributed by atoms with E-state index in [1.54, 1.807) is 42.5 Å². The first-order valence-corrected chi connectivity index (χ1v) is 13.9. The molecule has 3 aromatic rings. The topological polar surface area (TPSA) is 122 Å². The van der Waals surface area contributed by atoms with Crippen molar-refractivity contribution in [3.05, 3.63) is 94.0 Å². The fourth-order valence-electron chi connectivity index (χ4n) is 4.04. The van der Waals surface area contributed by atoms with E-state index in [4.69, 9.17) is 21.4 Å². The number of sulfonamides is 1. The molecule has 0 aliphatic heterocycles. The number of hydrogen-bond acceptors (Lipinski definition) is 5. The summed E-state index contributed by atoms with van der Waals surface area (Å²) < 4.78 is 31.5. The maximum atomic E-state index is 12.7.